The van der Waals surface area contributed by atoms with Gasteiger partial charge in [-0.05, 0) is 22.8 Å². The van der Waals surface area contributed by atoms with E-state index in [2.05, 4.69) is 0 Å². The summed E-state index contributed by atoms with van der Waals surface area (Å²) in [5, 5.41) is 0. The van der Waals surface area contributed by atoms with Gasteiger partial charge in [0, 0.05) is 0 Å². The largest absolute Gasteiger partial charge is 0.318 e. The van der Waals surface area contributed by atoms with Crippen LogP contribution in [0.3, 0.4) is 0 Å². The van der Waals surface area contributed by atoms with E-state index in [-0.39, 0.29) is 0 Å². The minimum absolute atomic E-state index is 1.07. The Hall–Kier alpha value is -1.85. The molecule has 0 atom stereocenters. The second kappa shape index (κ2) is 6.78. The summed E-state index contributed by atoms with van der Waals surface area (Å²) in [5.41, 5.74) is 2.15. The lowest BCUT2D eigenvalue weighted by atomic mass is 10.2. The molecule has 2 aromatic carbocycles. The molecule has 0 bridgehead atoms. The third-order valence-electron chi connectivity index (χ3n) is 2.48. The van der Waals surface area contributed by atoms with Gasteiger partial charge in [-0.25, -0.2) is 0 Å². The van der Waals surface area contributed by atoms with Crippen LogP contribution in [0.4, 0.5) is 0 Å². The maximum Gasteiger partial charge on any atom is 0.118 e. The molecule has 2 heteroatoms. The summed E-state index contributed by atoms with van der Waals surface area (Å²) in [7, 11) is -1.80. The fourth-order valence-corrected chi connectivity index (χ4v) is 2.37. The van der Waals surface area contributed by atoms with E-state index in [1.807, 2.05) is 72.8 Å². The first-order valence-corrected chi connectivity index (χ1v) is 7.41. The van der Waals surface area contributed by atoms with Gasteiger partial charge in [-0.1, -0.05) is 72.8 Å². The van der Waals surface area contributed by atoms with Crippen LogP contribution in [0.25, 0.3) is 12.2 Å². The zero-order valence-electron chi connectivity index (χ0n) is 9.99. The van der Waals surface area contributed by atoms with E-state index in [9.17, 15) is 4.57 Å². The molecule has 0 saturated carbocycles. The molecule has 0 aromatic heterocycles. The predicted molar refractivity (Wildman–Crippen MR) is 80.0 cm³/mol. The first-order valence-electron chi connectivity index (χ1n) is 5.85. The van der Waals surface area contributed by atoms with Crippen molar-refractivity contribution in [2.24, 2.45) is 0 Å². The Morgan fingerprint density at radius 1 is 0.667 bits per heavy atom. The Morgan fingerprint density at radius 2 is 1.06 bits per heavy atom. The normalized spacial score (nSPS) is 13.1. The van der Waals surface area contributed by atoms with E-state index in [0.29, 0.717) is 0 Å². The van der Waals surface area contributed by atoms with Crippen molar-refractivity contribution in [3.8, 4) is 0 Å². The Balaban J connectivity index is 1.97. The Morgan fingerprint density at radius 3 is 1.44 bits per heavy atom. The highest BCUT2D eigenvalue weighted by Gasteiger charge is 1.88. The summed E-state index contributed by atoms with van der Waals surface area (Å²) in [6.07, 6.45) is 3.80. The number of hydrogen-bond donors (Lipinski definition) is 0. The fourth-order valence-electron chi connectivity index (χ4n) is 1.54. The topological polar surface area (TPSA) is 17.1 Å². The standard InChI is InChI=1S/C16H15OP/c17-18(13-11-15-7-3-1-4-8-15)14-12-16-9-5-2-6-10-16/h1-14,18H. The average molecular weight is 254 g/mol. The average Bonchev–Trinajstić information content (AvgIpc) is 2.45. The van der Waals surface area contributed by atoms with Crippen molar-refractivity contribution >= 4 is 20.0 Å². The third kappa shape index (κ3) is 4.20. The minimum atomic E-state index is -1.80. The molecule has 1 nitrogen and oxygen atoms in total. The molecular formula is C16H15OP. The molecule has 2 rings (SSSR count). The number of rotatable bonds is 4. The van der Waals surface area contributed by atoms with Crippen LogP contribution in [0.2, 0.25) is 0 Å². The Labute approximate surface area is 108 Å². The maximum atomic E-state index is 11.8. The van der Waals surface area contributed by atoms with Gasteiger partial charge < -0.3 is 4.57 Å². The van der Waals surface area contributed by atoms with E-state index in [1.165, 1.54) is 0 Å². The van der Waals surface area contributed by atoms with Crippen molar-refractivity contribution in [2.75, 3.05) is 0 Å². The second-order valence-electron chi connectivity index (χ2n) is 3.89. The van der Waals surface area contributed by atoms with Crippen molar-refractivity contribution in [1.82, 2.24) is 0 Å². The summed E-state index contributed by atoms with van der Waals surface area (Å²) in [6, 6.07) is 19.8. The lowest BCUT2D eigenvalue weighted by molar-refractivity contribution is 0.597. The lowest BCUT2D eigenvalue weighted by Gasteiger charge is -1.92. The van der Waals surface area contributed by atoms with Gasteiger partial charge in [0.15, 0.2) is 0 Å². The molecule has 0 spiro atoms. The molecule has 0 aliphatic rings. The fraction of sp³-hybridized carbons (Fsp3) is 0. The van der Waals surface area contributed by atoms with Gasteiger partial charge in [-0.3, -0.25) is 0 Å². The molecule has 0 saturated heterocycles. The first-order chi connectivity index (χ1) is 8.84. The van der Waals surface area contributed by atoms with Crippen LogP contribution in [0.1, 0.15) is 11.1 Å². The van der Waals surface area contributed by atoms with Crippen LogP contribution in [-0.2, 0) is 4.57 Å². The van der Waals surface area contributed by atoms with Crippen molar-refractivity contribution in [2.45, 2.75) is 0 Å². The molecule has 90 valence electrons. The SMILES string of the molecule is O=[PH](C=Cc1ccccc1)C=Cc1ccccc1. The molecule has 18 heavy (non-hydrogen) atoms. The molecule has 0 amide bonds. The molecule has 2 aromatic rings. The summed E-state index contributed by atoms with van der Waals surface area (Å²) in [6.45, 7) is 0. The monoisotopic (exact) mass is 254 g/mol. The van der Waals surface area contributed by atoms with Crippen LogP contribution in [0, 0.1) is 0 Å². The van der Waals surface area contributed by atoms with E-state index in [0.717, 1.165) is 11.1 Å². The molecular weight excluding hydrogens is 239 g/mol. The molecule has 0 fully saturated rings. The van der Waals surface area contributed by atoms with Crippen LogP contribution >= 0.6 is 7.80 Å². The highest BCUT2D eigenvalue weighted by molar-refractivity contribution is 7.52. The van der Waals surface area contributed by atoms with Gasteiger partial charge >= 0.3 is 0 Å². The van der Waals surface area contributed by atoms with Crippen molar-refractivity contribution in [1.29, 1.82) is 0 Å². The maximum absolute atomic E-state index is 11.8. The number of benzene rings is 2. The lowest BCUT2D eigenvalue weighted by Crippen LogP contribution is -1.67. The van der Waals surface area contributed by atoms with Gasteiger partial charge in [0.25, 0.3) is 0 Å². The molecule has 0 N–H and O–H groups in total. The van der Waals surface area contributed by atoms with Crippen LogP contribution in [-0.4, -0.2) is 0 Å². The van der Waals surface area contributed by atoms with E-state index >= 15 is 0 Å². The van der Waals surface area contributed by atoms with Gasteiger partial charge in [0.1, 0.15) is 7.80 Å². The summed E-state index contributed by atoms with van der Waals surface area (Å²) in [5.74, 6) is 3.53. The van der Waals surface area contributed by atoms with Crippen molar-refractivity contribution < 1.29 is 4.57 Å². The molecule has 0 radical (unpaired) electrons. The van der Waals surface area contributed by atoms with Gasteiger partial charge in [-0.15, -0.1) is 0 Å². The molecule has 0 heterocycles. The summed E-state index contributed by atoms with van der Waals surface area (Å²) in [4.78, 5) is 0. The zero-order valence-corrected chi connectivity index (χ0v) is 11.0. The Kier molecular flexibility index (Phi) is 4.75. The van der Waals surface area contributed by atoms with Gasteiger partial charge in [-0.2, -0.15) is 0 Å². The van der Waals surface area contributed by atoms with Crippen LogP contribution in [0.5, 0.6) is 0 Å². The second-order valence-corrected chi connectivity index (χ2v) is 5.36. The smallest absolute Gasteiger partial charge is 0.118 e. The quantitative estimate of drug-likeness (QED) is 0.710. The van der Waals surface area contributed by atoms with Crippen LogP contribution < -0.4 is 0 Å². The summed E-state index contributed by atoms with van der Waals surface area (Å²) < 4.78 is 11.8. The van der Waals surface area contributed by atoms with Gasteiger partial charge in [0.05, 0.1) is 0 Å². The predicted octanol–water partition coefficient (Wildman–Crippen LogP) is 4.89. The van der Waals surface area contributed by atoms with E-state index in [1.54, 1.807) is 11.6 Å². The highest BCUT2D eigenvalue weighted by Crippen LogP contribution is 2.26. The van der Waals surface area contributed by atoms with Crippen LogP contribution in [0.15, 0.2) is 72.3 Å². The molecule has 0 unspecified atom stereocenters. The van der Waals surface area contributed by atoms with E-state index < -0.39 is 7.80 Å². The Bertz CT molecular complexity index is 505. The molecule has 0 aliphatic carbocycles. The zero-order chi connectivity index (χ0) is 12.6. The summed E-state index contributed by atoms with van der Waals surface area (Å²) >= 11 is 0. The minimum Gasteiger partial charge on any atom is -0.318 e. The van der Waals surface area contributed by atoms with Crippen molar-refractivity contribution in [3.63, 3.8) is 0 Å². The first kappa shape index (κ1) is 12.6. The third-order valence-corrected chi connectivity index (χ3v) is 3.47. The van der Waals surface area contributed by atoms with E-state index in [4.69, 9.17) is 0 Å². The highest BCUT2D eigenvalue weighted by atomic mass is 31.1. The molecule has 0 aliphatic heterocycles. The number of hydrogen-bond acceptors (Lipinski definition) is 1. The van der Waals surface area contributed by atoms with Crippen molar-refractivity contribution in [3.05, 3.63) is 83.4 Å². The van der Waals surface area contributed by atoms with Gasteiger partial charge in [0.2, 0.25) is 0 Å².